The Kier molecular flexibility index (Phi) is 36.8. The van der Waals surface area contributed by atoms with Crippen molar-refractivity contribution in [2.24, 2.45) is 0 Å². The Bertz CT molecular complexity index is 252. The summed E-state index contributed by atoms with van der Waals surface area (Å²) in [5, 5.41) is 1.07. The molecule has 0 unspecified atom stereocenters. The fraction of sp³-hybridized carbons (Fsp3) is 0.579. The molecule has 0 spiro atoms. The van der Waals surface area contributed by atoms with Crippen molar-refractivity contribution in [1.29, 1.82) is 0 Å². The summed E-state index contributed by atoms with van der Waals surface area (Å²) in [7, 11) is 0.0772. The minimum atomic E-state index is -0.123. The summed E-state index contributed by atoms with van der Waals surface area (Å²) in [5.74, 6) is 0. The average molecular weight is 417 g/mol. The first-order chi connectivity index (χ1) is 7.57. The van der Waals surface area contributed by atoms with Gasteiger partial charge in [0, 0.05) is 0 Å². The van der Waals surface area contributed by atoms with Crippen LogP contribution >= 0.6 is 19.9 Å². The van der Waals surface area contributed by atoms with E-state index in [1.807, 2.05) is 12.2 Å². The Morgan fingerprint density at radius 1 is 0.870 bits per heavy atom. The van der Waals surface area contributed by atoms with Crippen molar-refractivity contribution >= 4 is 28.3 Å². The molecule has 0 aromatic rings. The molecule has 0 saturated heterocycles. The van der Waals surface area contributed by atoms with Crippen LogP contribution in [0.1, 0.15) is 48.0 Å². The van der Waals surface area contributed by atoms with E-state index in [-0.39, 0.29) is 75.4 Å². The fourth-order valence-corrected chi connectivity index (χ4v) is 15.4. The van der Waals surface area contributed by atoms with Gasteiger partial charge in [0.15, 0.2) is 0 Å². The molecule has 0 aromatic carbocycles. The van der Waals surface area contributed by atoms with E-state index in [4.69, 9.17) is 0 Å². The van der Waals surface area contributed by atoms with Crippen LogP contribution in [0.15, 0.2) is 18.2 Å². The fourth-order valence-electron chi connectivity index (χ4n) is 2.69. The minimum absolute atomic E-state index is 0. The van der Waals surface area contributed by atoms with Gasteiger partial charge in [0.2, 0.25) is 0 Å². The van der Waals surface area contributed by atoms with E-state index in [9.17, 15) is 0 Å². The van der Waals surface area contributed by atoms with Gasteiger partial charge in [-0.3, -0.25) is 6.08 Å². The molecule has 0 aromatic heterocycles. The van der Waals surface area contributed by atoms with E-state index in [1.165, 1.54) is 0 Å². The second-order valence-corrected chi connectivity index (χ2v) is 15.9. The zero-order valence-electron chi connectivity index (χ0n) is 17.7. The average Bonchev–Trinajstić information content (AvgIpc) is 2.50. The van der Waals surface area contributed by atoms with Gasteiger partial charge in [-0.05, 0) is 10.3 Å². The Hall–Kier alpha value is 0.949. The number of halogens is 1. The van der Waals surface area contributed by atoms with E-state index in [2.05, 4.69) is 66.8 Å². The SMILES string of the molecule is C[Si](C)P(C(C)(C)C)C(C)(C)C.Cl.[C-]1=CC=CC1.[CH3-].[CH3-].[CH3-].[CH3-].[Cr+5]. The van der Waals surface area contributed by atoms with Crippen molar-refractivity contribution in [3.05, 3.63) is 54.0 Å². The second-order valence-electron chi connectivity index (χ2n) is 6.63. The number of allylic oxidation sites excluding steroid dienone is 4. The molecule has 0 amide bonds. The molecule has 0 N–H and O–H groups in total. The maximum atomic E-state index is 2.99. The summed E-state index contributed by atoms with van der Waals surface area (Å²) in [6.07, 6.45) is 10.0. The molecular weight excluding hydrogens is 375 g/mol. The first-order valence-corrected chi connectivity index (χ1v) is 11.1. The van der Waals surface area contributed by atoms with Gasteiger partial charge < -0.3 is 29.7 Å². The third-order valence-corrected chi connectivity index (χ3v) is 12.7. The zero-order valence-corrected chi connectivity index (χ0v) is 21.7. The van der Waals surface area contributed by atoms with Gasteiger partial charge in [-0.2, -0.15) is 6.08 Å². The first-order valence-electron chi connectivity index (χ1n) is 6.39. The number of hydrogen-bond donors (Lipinski definition) is 0. The van der Waals surface area contributed by atoms with Gasteiger partial charge in [0.25, 0.3) is 0 Å². The van der Waals surface area contributed by atoms with Crippen molar-refractivity contribution < 1.29 is 17.4 Å². The van der Waals surface area contributed by atoms with Gasteiger partial charge in [-0.1, -0.05) is 54.6 Å². The van der Waals surface area contributed by atoms with Crippen molar-refractivity contribution in [1.82, 2.24) is 0 Å². The van der Waals surface area contributed by atoms with Crippen molar-refractivity contribution in [3.8, 4) is 0 Å². The molecule has 23 heavy (non-hydrogen) atoms. The summed E-state index contributed by atoms with van der Waals surface area (Å²) in [6.45, 7) is 19.4. The molecule has 140 valence electrons. The Morgan fingerprint density at radius 2 is 1.22 bits per heavy atom. The van der Waals surface area contributed by atoms with E-state index in [0.717, 1.165) is 6.42 Å². The molecule has 0 aliphatic heterocycles. The largest absolute Gasteiger partial charge is 5.00 e. The molecule has 0 fully saturated rings. The maximum Gasteiger partial charge on any atom is 5.00 e. The van der Waals surface area contributed by atoms with Crippen molar-refractivity contribution in [2.75, 3.05) is 0 Å². The second kappa shape index (κ2) is 19.3. The van der Waals surface area contributed by atoms with Gasteiger partial charge in [-0.25, -0.2) is 12.2 Å². The van der Waals surface area contributed by atoms with Gasteiger partial charge in [-0.15, -0.1) is 26.3 Å². The zero-order chi connectivity index (χ0) is 13.7. The molecule has 0 bridgehead atoms. The number of hydrogen-bond acceptors (Lipinski definition) is 0. The maximum absolute atomic E-state index is 2.99. The molecular formula is C19H42ClCrPSi. The van der Waals surface area contributed by atoms with Crippen LogP contribution < -0.4 is 0 Å². The molecule has 2 radical (unpaired) electrons. The van der Waals surface area contributed by atoms with Crippen LogP contribution in [0.25, 0.3) is 0 Å². The predicted octanol–water partition coefficient (Wildman–Crippen LogP) is 7.84. The monoisotopic (exact) mass is 416 g/mol. The summed E-state index contributed by atoms with van der Waals surface area (Å²) in [5.41, 5.74) is 0. The molecule has 1 aliphatic carbocycles. The third-order valence-electron chi connectivity index (χ3n) is 2.37. The van der Waals surface area contributed by atoms with E-state index >= 15 is 0 Å². The van der Waals surface area contributed by atoms with Gasteiger partial charge in [0.05, 0.1) is 8.46 Å². The van der Waals surface area contributed by atoms with Gasteiger partial charge >= 0.3 is 17.4 Å². The summed E-state index contributed by atoms with van der Waals surface area (Å²) < 4.78 is 0. The number of rotatable bonds is 1. The van der Waals surface area contributed by atoms with Crippen LogP contribution in [0.4, 0.5) is 0 Å². The summed E-state index contributed by atoms with van der Waals surface area (Å²) in [6, 6.07) is 0. The minimum Gasteiger partial charge on any atom is -0.358 e. The standard InChI is InChI=1S/C10H24PSi.C5H5.4CH3.ClH.Cr/c1-9(2,3)11(12(7)8)10(4,5)6;1-2-4-5-3-1;;;;;;/h1-8H3;1-3H,4H2;4*1H3;1H;/q;5*-1;;+5. The third kappa shape index (κ3) is 20.9. The summed E-state index contributed by atoms with van der Waals surface area (Å²) >= 11 is 0. The van der Waals surface area contributed by atoms with Crippen LogP contribution in [0.5, 0.6) is 0 Å². The first kappa shape index (κ1) is 43.9. The van der Waals surface area contributed by atoms with Crippen LogP contribution in [-0.4, -0.2) is 18.8 Å². The van der Waals surface area contributed by atoms with Crippen LogP contribution in [0.2, 0.25) is 13.1 Å². The Labute approximate surface area is 170 Å². The molecule has 0 saturated carbocycles. The molecule has 0 atom stereocenters. The van der Waals surface area contributed by atoms with Crippen molar-refractivity contribution in [3.63, 3.8) is 0 Å². The molecule has 4 heteroatoms. The topological polar surface area (TPSA) is 0 Å². The molecule has 1 rings (SSSR count). The quantitative estimate of drug-likeness (QED) is 0.232. The Balaban J connectivity index is -0.0000000409. The van der Waals surface area contributed by atoms with E-state index in [0.29, 0.717) is 10.3 Å². The van der Waals surface area contributed by atoms with Crippen LogP contribution in [0.3, 0.4) is 0 Å². The van der Waals surface area contributed by atoms with Crippen LogP contribution in [-0.2, 0) is 17.4 Å². The molecule has 0 nitrogen and oxygen atoms in total. The van der Waals surface area contributed by atoms with E-state index in [1.54, 1.807) is 0 Å². The summed E-state index contributed by atoms with van der Waals surface area (Å²) in [4.78, 5) is 0. The smallest absolute Gasteiger partial charge is 0.358 e. The normalized spacial score (nSPS) is 11.4. The van der Waals surface area contributed by atoms with Crippen molar-refractivity contribution in [2.45, 2.75) is 71.4 Å². The molecule has 0 heterocycles. The Morgan fingerprint density at radius 3 is 1.26 bits per heavy atom. The predicted molar refractivity (Wildman–Crippen MR) is 118 cm³/mol. The van der Waals surface area contributed by atoms with Crippen LogP contribution in [0, 0.1) is 35.8 Å². The van der Waals surface area contributed by atoms with Gasteiger partial charge in [0.1, 0.15) is 0 Å². The van der Waals surface area contributed by atoms with E-state index < -0.39 is 0 Å². The molecule has 1 aliphatic rings.